The second kappa shape index (κ2) is 4.78. The molecule has 2 bridgehead atoms. The molecule has 26 heavy (non-hydrogen) atoms. The number of fused-ring (bicyclic) bond motifs is 3. The van der Waals surface area contributed by atoms with Crippen molar-refractivity contribution in [3.05, 3.63) is 46.0 Å². The molecule has 0 unspecified atom stereocenters. The molecule has 1 aliphatic heterocycles. The van der Waals surface area contributed by atoms with Crippen LogP contribution >= 0.6 is 0 Å². The molecule has 0 aromatic heterocycles. The molecule has 3 aliphatic carbocycles. The summed E-state index contributed by atoms with van der Waals surface area (Å²) in [4.78, 5) is 35.7. The first kappa shape index (κ1) is 15.2. The number of phenolic OH excluding ortho intramolecular Hbond substituents is 1. The van der Waals surface area contributed by atoms with Gasteiger partial charge in [0.2, 0.25) is 0 Å². The SMILES string of the molecule is O=C1[C@H]2[C@H](C(=O)N1/N=C\c1ccc(O)c([N+](=O)[O-])c1)[C@H]1C=C[C@H]2C12CC2. The molecule has 5 rings (SSSR count). The zero-order valence-corrected chi connectivity index (χ0v) is 13.6. The van der Waals surface area contributed by atoms with Crippen LogP contribution in [0.15, 0.2) is 35.5 Å². The molecule has 8 heteroatoms. The van der Waals surface area contributed by atoms with Gasteiger partial charge in [0.25, 0.3) is 11.8 Å². The van der Waals surface area contributed by atoms with Gasteiger partial charge >= 0.3 is 5.69 Å². The van der Waals surface area contributed by atoms with E-state index in [1.54, 1.807) is 0 Å². The zero-order valence-electron chi connectivity index (χ0n) is 13.6. The number of amides is 2. The summed E-state index contributed by atoms with van der Waals surface area (Å²) >= 11 is 0. The third-order valence-electron chi connectivity index (χ3n) is 6.35. The maximum atomic E-state index is 12.8. The Morgan fingerprint density at radius 3 is 2.35 bits per heavy atom. The molecule has 8 nitrogen and oxygen atoms in total. The fraction of sp³-hybridized carbons (Fsp3) is 0.389. The number of phenols is 1. The average molecular weight is 353 g/mol. The molecule has 1 aromatic rings. The maximum Gasteiger partial charge on any atom is 0.311 e. The van der Waals surface area contributed by atoms with Crippen LogP contribution in [0.4, 0.5) is 5.69 Å². The molecule has 3 fully saturated rings. The van der Waals surface area contributed by atoms with Crippen LogP contribution in [-0.2, 0) is 9.59 Å². The minimum Gasteiger partial charge on any atom is -0.502 e. The van der Waals surface area contributed by atoms with Gasteiger partial charge in [0.1, 0.15) is 0 Å². The largest absolute Gasteiger partial charge is 0.502 e. The molecule has 2 amide bonds. The van der Waals surface area contributed by atoms with Gasteiger partial charge in [-0.05, 0) is 42.2 Å². The lowest BCUT2D eigenvalue weighted by Gasteiger charge is -2.18. The highest BCUT2D eigenvalue weighted by Crippen LogP contribution is 2.73. The summed E-state index contributed by atoms with van der Waals surface area (Å²) in [6.45, 7) is 0. The van der Waals surface area contributed by atoms with Crippen LogP contribution in [-0.4, -0.2) is 33.1 Å². The number of nitro benzene ring substituents is 1. The van der Waals surface area contributed by atoms with Crippen molar-refractivity contribution < 1.29 is 19.6 Å². The molecule has 4 atom stereocenters. The number of carbonyl (C=O) groups is 2. The number of hydrogen-bond acceptors (Lipinski definition) is 6. The summed E-state index contributed by atoms with van der Waals surface area (Å²) in [5.74, 6) is -1.42. The van der Waals surface area contributed by atoms with E-state index in [-0.39, 0.29) is 40.9 Å². The molecular weight excluding hydrogens is 338 g/mol. The van der Waals surface area contributed by atoms with E-state index in [1.807, 2.05) is 0 Å². The van der Waals surface area contributed by atoms with Crippen LogP contribution in [0.1, 0.15) is 18.4 Å². The van der Waals surface area contributed by atoms with Crippen molar-refractivity contribution in [2.45, 2.75) is 12.8 Å². The number of imide groups is 1. The Hall–Kier alpha value is -3.03. The fourth-order valence-electron chi connectivity index (χ4n) is 5.07. The average Bonchev–Trinajstić information content (AvgIpc) is 3.21. The Labute approximate surface area is 147 Å². The van der Waals surface area contributed by atoms with Gasteiger partial charge < -0.3 is 5.11 Å². The molecule has 1 heterocycles. The molecule has 4 aliphatic rings. The molecular formula is C18H15N3O5. The van der Waals surface area contributed by atoms with Gasteiger partial charge in [-0.25, -0.2) is 0 Å². The van der Waals surface area contributed by atoms with Gasteiger partial charge in [0.05, 0.1) is 23.0 Å². The Balaban J connectivity index is 1.42. The number of nitro groups is 1. The quantitative estimate of drug-likeness (QED) is 0.293. The van der Waals surface area contributed by atoms with E-state index in [4.69, 9.17) is 0 Å². The number of allylic oxidation sites excluding steroid dienone is 2. The number of nitrogens with zero attached hydrogens (tertiary/aromatic N) is 3. The minimum atomic E-state index is -0.707. The number of hydrogen-bond donors (Lipinski definition) is 1. The highest BCUT2D eigenvalue weighted by atomic mass is 16.6. The molecule has 1 aromatic carbocycles. The van der Waals surface area contributed by atoms with E-state index >= 15 is 0 Å². The van der Waals surface area contributed by atoms with Gasteiger partial charge in [0, 0.05) is 11.6 Å². The first-order valence-corrected chi connectivity index (χ1v) is 8.51. The van der Waals surface area contributed by atoms with Gasteiger partial charge in [-0.15, -0.1) is 0 Å². The van der Waals surface area contributed by atoms with E-state index in [2.05, 4.69) is 17.3 Å². The summed E-state index contributed by atoms with van der Waals surface area (Å²) < 4.78 is 0. The van der Waals surface area contributed by atoms with E-state index in [0.29, 0.717) is 5.56 Å². The summed E-state index contributed by atoms with van der Waals surface area (Å²) in [7, 11) is 0. The molecule has 1 N–H and O–H groups in total. The lowest BCUT2D eigenvalue weighted by atomic mass is 9.85. The Morgan fingerprint density at radius 2 is 1.81 bits per heavy atom. The molecule has 132 valence electrons. The van der Waals surface area contributed by atoms with Gasteiger partial charge in [-0.1, -0.05) is 12.2 Å². The Kier molecular flexibility index (Phi) is 2.80. The van der Waals surface area contributed by atoms with E-state index < -0.39 is 16.4 Å². The molecule has 1 saturated heterocycles. The molecule has 2 saturated carbocycles. The van der Waals surface area contributed by atoms with Crippen molar-refractivity contribution in [1.29, 1.82) is 0 Å². The second-order valence-electron chi connectivity index (χ2n) is 7.46. The Morgan fingerprint density at radius 1 is 1.19 bits per heavy atom. The molecule has 0 radical (unpaired) electrons. The van der Waals surface area contributed by atoms with Crippen molar-refractivity contribution in [3.8, 4) is 5.75 Å². The minimum absolute atomic E-state index is 0.129. The lowest BCUT2D eigenvalue weighted by Crippen LogP contribution is -2.30. The van der Waals surface area contributed by atoms with Crippen molar-refractivity contribution in [2.24, 2.45) is 34.2 Å². The number of carbonyl (C=O) groups excluding carboxylic acids is 2. The van der Waals surface area contributed by atoms with Crippen LogP contribution in [0, 0.1) is 39.2 Å². The lowest BCUT2D eigenvalue weighted by molar-refractivity contribution is -0.385. The predicted molar refractivity (Wildman–Crippen MR) is 89.0 cm³/mol. The summed E-state index contributed by atoms with van der Waals surface area (Å²) in [6.07, 6.45) is 7.55. The monoisotopic (exact) mass is 353 g/mol. The topological polar surface area (TPSA) is 113 Å². The van der Waals surface area contributed by atoms with Crippen molar-refractivity contribution >= 4 is 23.7 Å². The number of hydrazone groups is 1. The summed E-state index contributed by atoms with van der Waals surface area (Å²) in [5.41, 5.74) is 0.00309. The number of rotatable bonds is 3. The van der Waals surface area contributed by atoms with Crippen molar-refractivity contribution in [2.75, 3.05) is 0 Å². The maximum absolute atomic E-state index is 12.8. The van der Waals surface area contributed by atoms with Crippen LogP contribution in [0.25, 0.3) is 0 Å². The second-order valence-corrected chi connectivity index (χ2v) is 7.46. The standard InChI is InChI=1S/C18H15N3O5/c22-13-4-1-9(7-12(13)21(25)26)8-19-20-16(23)14-10-2-3-11(15(14)17(20)24)18(10)5-6-18/h1-4,7-8,10-11,14-15,22H,5-6H2/b19-8-/t10-,11-,14-,15-/m1/s1. The van der Waals surface area contributed by atoms with Crippen LogP contribution in [0.3, 0.4) is 0 Å². The van der Waals surface area contributed by atoms with Crippen LogP contribution in [0.2, 0.25) is 0 Å². The highest BCUT2D eigenvalue weighted by Gasteiger charge is 2.73. The van der Waals surface area contributed by atoms with E-state index in [9.17, 15) is 24.8 Å². The third kappa shape index (κ3) is 1.76. The third-order valence-corrected chi connectivity index (χ3v) is 6.35. The van der Waals surface area contributed by atoms with Crippen LogP contribution < -0.4 is 0 Å². The number of aromatic hydroxyl groups is 1. The fourth-order valence-corrected chi connectivity index (χ4v) is 5.07. The first-order valence-electron chi connectivity index (χ1n) is 8.51. The van der Waals surface area contributed by atoms with Gasteiger partial charge in [-0.2, -0.15) is 10.1 Å². The first-order chi connectivity index (χ1) is 12.4. The highest BCUT2D eigenvalue weighted by molar-refractivity contribution is 6.07. The van der Waals surface area contributed by atoms with E-state index in [0.717, 1.165) is 23.9 Å². The van der Waals surface area contributed by atoms with Gasteiger partial charge in [-0.3, -0.25) is 19.7 Å². The van der Waals surface area contributed by atoms with Crippen molar-refractivity contribution in [1.82, 2.24) is 5.01 Å². The smallest absolute Gasteiger partial charge is 0.311 e. The predicted octanol–water partition coefficient (Wildman–Crippen LogP) is 1.83. The zero-order chi connectivity index (χ0) is 18.2. The molecule has 1 spiro atoms. The van der Waals surface area contributed by atoms with Gasteiger partial charge in [0.15, 0.2) is 5.75 Å². The summed E-state index contributed by atoms with van der Waals surface area (Å²) in [6, 6.07) is 3.76. The normalized spacial score (nSPS) is 32.8. The van der Waals surface area contributed by atoms with Crippen LogP contribution in [0.5, 0.6) is 5.75 Å². The van der Waals surface area contributed by atoms with E-state index in [1.165, 1.54) is 18.3 Å². The number of benzene rings is 1. The Bertz CT molecular complexity index is 899. The summed E-state index contributed by atoms with van der Waals surface area (Å²) in [5, 5.41) is 25.3. The van der Waals surface area contributed by atoms with Crippen molar-refractivity contribution in [3.63, 3.8) is 0 Å².